The molecule has 2 nitrogen and oxygen atoms in total. The molecule has 12 heavy (non-hydrogen) atoms. The largest absolute Gasteiger partial charge is 0.398 e. The number of rotatable bonds is 0. The quantitative estimate of drug-likeness (QED) is 0.379. The number of aromatic nitrogens is 1. The van der Waals surface area contributed by atoms with Gasteiger partial charge < -0.3 is 10.7 Å². The Labute approximate surface area is 81.0 Å². The molecule has 62 valence electrons. The number of anilines is 1. The van der Waals surface area contributed by atoms with Crippen LogP contribution in [0, 0.1) is 0 Å². The zero-order valence-electron chi connectivity index (χ0n) is 6.20. The lowest BCUT2D eigenvalue weighted by Crippen LogP contribution is -1.85. The molecule has 0 fully saturated rings. The van der Waals surface area contributed by atoms with Gasteiger partial charge >= 0.3 is 0 Å². The first-order valence-corrected chi connectivity index (χ1v) is 4.36. The molecule has 0 amide bonds. The van der Waals surface area contributed by atoms with Gasteiger partial charge in [0.15, 0.2) is 0 Å². The molecular weight excluding hydrogens is 188 g/mol. The first kappa shape index (κ1) is 7.89. The first-order chi connectivity index (χ1) is 5.68. The molecule has 1 aromatic heterocycles. The third-order valence-corrected chi connectivity index (χ3v) is 2.56. The highest BCUT2D eigenvalue weighted by Gasteiger charge is 2.02. The molecule has 0 atom stereocenters. The highest BCUT2D eigenvalue weighted by atomic mass is 32.1. The summed E-state index contributed by atoms with van der Waals surface area (Å²) < 4.78 is 0. The maximum atomic E-state index is 5.67. The molecule has 3 N–H and O–H groups in total. The van der Waals surface area contributed by atoms with Gasteiger partial charge in [0.2, 0.25) is 0 Å². The molecule has 0 spiro atoms. The monoisotopic (exact) mass is 196 g/mol. The first-order valence-electron chi connectivity index (χ1n) is 3.47. The fraction of sp³-hybridized carbons (Fsp3) is 0. The Balaban J connectivity index is 2.87. The Hall–Kier alpha value is -0.740. The molecule has 0 aliphatic heterocycles. The van der Waals surface area contributed by atoms with Crippen LogP contribution in [-0.2, 0) is 0 Å². The van der Waals surface area contributed by atoms with Crippen molar-refractivity contribution in [1.29, 1.82) is 0 Å². The second kappa shape index (κ2) is 2.64. The lowest BCUT2D eigenvalue weighted by atomic mass is 10.2. The maximum absolute atomic E-state index is 5.67. The van der Waals surface area contributed by atoms with Gasteiger partial charge in [-0.15, -0.1) is 25.3 Å². The van der Waals surface area contributed by atoms with Crippen LogP contribution in [0.2, 0.25) is 0 Å². The van der Waals surface area contributed by atoms with Gasteiger partial charge in [-0.3, -0.25) is 0 Å². The van der Waals surface area contributed by atoms with Crippen molar-refractivity contribution in [2.24, 2.45) is 0 Å². The van der Waals surface area contributed by atoms with Gasteiger partial charge in [-0.05, 0) is 12.1 Å². The van der Waals surface area contributed by atoms with Gasteiger partial charge in [0.1, 0.15) is 0 Å². The molecule has 2 aromatic rings. The van der Waals surface area contributed by atoms with Crippen LogP contribution in [-0.4, -0.2) is 4.98 Å². The smallest absolute Gasteiger partial charge is 0.0486 e. The molecule has 0 saturated carbocycles. The van der Waals surface area contributed by atoms with E-state index in [1.165, 1.54) is 0 Å². The van der Waals surface area contributed by atoms with Crippen molar-refractivity contribution in [3.8, 4) is 0 Å². The van der Waals surface area contributed by atoms with E-state index in [-0.39, 0.29) is 0 Å². The summed E-state index contributed by atoms with van der Waals surface area (Å²) in [5, 5.41) is 1.05. The minimum atomic E-state index is 0.681. The van der Waals surface area contributed by atoms with E-state index in [9.17, 15) is 0 Å². The Bertz CT molecular complexity index is 434. The summed E-state index contributed by atoms with van der Waals surface area (Å²) in [6, 6.07) is 3.77. The number of hydrogen-bond acceptors (Lipinski definition) is 3. The second-order valence-corrected chi connectivity index (χ2v) is 3.59. The Morgan fingerprint density at radius 2 is 1.92 bits per heavy atom. The predicted molar refractivity (Wildman–Crippen MR) is 57.2 cm³/mol. The van der Waals surface area contributed by atoms with Crippen molar-refractivity contribution in [2.45, 2.75) is 9.79 Å². The van der Waals surface area contributed by atoms with Gasteiger partial charge in [-0.1, -0.05) is 0 Å². The van der Waals surface area contributed by atoms with E-state index in [1.54, 1.807) is 0 Å². The molecule has 0 saturated heterocycles. The van der Waals surface area contributed by atoms with Crippen LogP contribution >= 0.6 is 25.3 Å². The van der Waals surface area contributed by atoms with Crippen molar-refractivity contribution >= 4 is 41.8 Å². The van der Waals surface area contributed by atoms with Crippen molar-refractivity contribution in [2.75, 3.05) is 5.73 Å². The molecule has 2 rings (SSSR count). The molecule has 0 unspecified atom stereocenters. The van der Waals surface area contributed by atoms with E-state index in [1.807, 2.05) is 18.3 Å². The third kappa shape index (κ3) is 1.07. The van der Waals surface area contributed by atoms with Crippen molar-refractivity contribution in [3.05, 3.63) is 18.3 Å². The summed E-state index contributed by atoms with van der Waals surface area (Å²) in [5.41, 5.74) is 7.35. The summed E-state index contributed by atoms with van der Waals surface area (Å²) >= 11 is 8.50. The van der Waals surface area contributed by atoms with E-state index in [0.717, 1.165) is 20.7 Å². The van der Waals surface area contributed by atoms with Crippen LogP contribution in [0.25, 0.3) is 10.9 Å². The molecule has 0 radical (unpaired) electrons. The Kier molecular flexibility index (Phi) is 1.73. The van der Waals surface area contributed by atoms with Gasteiger partial charge in [0.05, 0.1) is 0 Å². The van der Waals surface area contributed by atoms with Crippen LogP contribution < -0.4 is 5.73 Å². The summed E-state index contributed by atoms with van der Waals surface area (Å²) in [6.45, 7) is 0. The van der Waals surface area contributed by atoms with Crippen LogP contribution in [0.3, 0.4) is 0 Å². The zero-order chi connectivity index (χ0) is 8.72. The van der Waals surface area contributed by atoms with Crippen molar-refractivity contribution in [3.63, 3.8) is 0 Å². The van der Waals surface area contributed by atoms with E-state index in [0.29, 0.717) is 5.69 Å². The topological polar surface area (TPSA) is 41.8 Å². The number of nitrogen functional groups attached to an aromatic ring is 1. The van der Waals surface area contributed by atoms with Crippen LogP contribution in [0.5, 0.6) is 0 Å². The molecule has 0 aliphatic rings. The standard InChI is InChI=1S/C8H8N2S2/c9-5-2-6-4(1-7(5)11)8(12)3-10-6/h1-3,10-12H,9H2. The number of nitrogens with two attached hydrogens (primary N) is 1. The van der Waals surface area contributed by atoms with Gasteiger partial charge in [-0.2, -0.15) is 0 Å². The molecule has 1 aromatic carbocycles. The van der Waals surface area contributed by atoms with E-state index < -0.39 is 0 Å². The number of hydrogen-bond donors (Lipinski definition) is 4. The third-order valence-electron chi connectivity index (χ3n) is 1.81. The average Bonchev–Trinajstić information content (AvgIpc) is 2.35. The van der Waals surface area contributed by atoms with E-state index in [4.69, 9.17) is 5.73 Å². The molecule has 1 heterocycles. The van der Waals surface area contributed by atoms with Crippen molar-refractivity contribution in [1.82, 2.24) is 4.98 Å². The number of H-pyrrole nitrogens is 1. The summed E-state index contributed by atoms with van der Waals surface area (Å²) in [6.07, 6.45) is 1.83. The minimum absolute atomic E-state index is 0.681. The lowest BCUT2D eigenvalue weighted by molar-refractivity contribution is 1.42. The molecule has 4 heteroatoms. The number of nitrogens with one attached hydrogen (secondary N) is 1. The lowest BCUT2D eigenvalue weighted by Gasteiger charge is -1.98. The van der Waals surface area contributed by atoms with Crippen LogP contribution in [0.1, 0.15) is 0 Å². The van der Waals surface area contributed by atoms with Crippen LogP contribution in [0.15, 0.2) is 28.1 Å². The highest BCUT2D eigenvalue weighted by molar-refractivity contribution is 7.80. The number of aromatic amines is 1. The molecule has 0 aliphatic carbocycles. The number of fused-ring (bicyclic) bond motifs is 1. The van der Waals surface area contributed by atoms with Crippen molar-refractivity contribution < 1.29 is 0 Å². The normalized spacial score (nSPS) is 10.8. The molecule has 0 bridgehead atoms. The van der Waals surface area contributed by atoms with Gasteiger partial charge in [0.25, 0.3) is 0 Å². The highest BCUT2D eigenvalue weighted by Crippen LogP contribution is 2.27. The zero-order valence-corrected chi connectivity index (χ0v) is 7.99. The van der Waals surface area contributed by atoms with E-state index >= 15 is 0 Å². The number of thiol groups is 2. The molecular formula is C8H8N2S2. The van der Waals surface area contributed by atoms with Gasteiger partial charge in [-0.25, -0.2) is 0 Å². The second-order valence-electron chi connectivity index (χ2n) is 2.63. The predicted octanol–water partition coefficient (Wildman–Crippen LogP) is 2.33. The summed E-state index contributed by atoms with van der Waals surface area (Å²) in [7, 11) is 0. The fourth-order valence-electron chi connectivity index (χ4n) is 1.16. The summed E-state index contributed by atoms with van der Waals surface area (Å²) in [4.78, 5) is 4.77. The Morgan fingerprint density at radius 1 is 1.17 bits per heavy atom. The van der Waals surface area contributed by atoms with E-state index in [2.05, 4.69) is 30.2 Å². The van der Waals surface area contributed by atoms with Gasteiger partial charge in [0, 0.05) is 32.6 Å². The Morgan fingerprint density at radius 3 is 2.67 bits per heavy atom. The SMILES string of the molecule is Nc1cc2[nH]cc(S)c2cc1S. The number of benzene rings is 1. The minimum Gasteiger partial charge on any atom is -0.398 e. The maximum Gasteiger partial charge on any atom is 0.0486 e. The fourth-order valence-corrected chi connectivity index (χ4v) is 1.60. The van der Waals surface area contributed by atoms with Crippen LogP contribution in [0.4, 0.5) is 5.69 Å². The average molecular weight is 196 g/mol. The summed E-state index contributed by atoms with van der Waals surface area (Å²) in [5.74, 6) is 0.